The molecule has 1 aromatic carbocycles. The summed E-state index contributed by atoms with van der Waals surface area (Å²) < 4.78 is 26.2. The van der Waals surface area contributed by atoms with Crippen LogP contribution >= 0.6 is 11.6 Å². The lowest BCUT2D eigenvalue weighted by molar-refractivity contribution is 0.00446. The van der Waals surface area contributed by atoms with Crippen molar-refractivity contribution in [2.24, 2.45) is 11.7 Å². The van der Waals surface area contributed by atoms with Crippen LogP contribution in [0.2, 0.25) is 5.02 Å². The molecule has 100 valence electrons. The Labute approximate surface area is 111 Å². The monoisotopic (exact) mass is 273 g/mol. The zero-order valence-electron chi connectivity index (χ0n) is 10.4. The van der Waals surface area contributed by atoms with Crippen molar-refractivity contribution in [1.82, 2.24) is 0 Å². The summed E-state index contributed by atoms with van der Waals surface area (Å²) in [6, 6.07) is 5.48. The van der Waals surface area contributed by atoms with Gasteiger partial charge in [0.15, 0.2) is 0 Å². The maximum absolute atomic E-state index is 13.1. The normalized spacial score (nSPS) is 24.2. The number of alkyl halides is 2. The van der Waals surface area contributed by atoms with E-state index in [1.165, 1.54) is 0 Å². The van der Waals surface area contributed by atoms with Crippen molar-refractivity contribution in [1.29, 1.82) is 0 Å². The Morgan fingerprint density at radius 2 is 2.22 bits per heavy atom. The highest BCUT2D eigenvalue weighted by Crippen LogP contribution is 2.42. The van der Waals surface area contributed by atoms with Crippen LogP contribution in [0, 0.1) is 12.8 Å². The fourth-order valence-electron chi connectivity index (χ4n) is 2.58. The van der Waals surface area contributed by atoms with Crippen molar-refractivity contribution in [3.63, 3.8) is 0 Å². The van der Waals surface area contributed by atoms with Crippen LogP contribution in [0.1, 0.15) is 42.9 Å². The Kier molecular flexibility index (Phi) is 3.93. The van der Waals surface area contributed by atoms with Crippen LogP contribution in [-0.4, -0.2) is 5.92 Å². The van der Waals surface area contributed by atoms with Gasteiger partial charge in [-0.05, 0) is 42.9 Å². The average Bonchev–Trinajstić information content (AvgIpc) is 2.62. The van der Waals surface area contributed by atoms with Gasteiger partial charge in [-0.3, -0.25) is 0 Å². The number of hydrogen-bond acceptors (Lipinski definition) is 1. The summed E-state index contributed by atoms with van der Waals surface area (Å²) >= 11 is 6.04. The molecule has 0 heterocycles. The minimum atomic E-state index is -2.49. The van der Waals surface area contributed by atoms with Gasteiger partial charge in [-0.2, -0.15) is 0 Å². The van der Waals surface area contributed by atoms with E-state index in [1.807, 2.05) is 25.1 Å². The lowest BCUT2D eigenvalue weighted by Crippen LogP contribution is -2.16. The van der Waals surface area contributed by atoms with Gasteiger partial charge in [0, 0.05) is 23.9 Å². The van der Waals surface area contributed by atoms with Crippen LogP contribution in [0.3, 0.4) is 0 Å². The number of hydrogen-bond donors (Lipinski definition) is 1. The van der Waals surface area contributed by atoms with E-state index in [9.17, 15) is 8.78 Å². The first-order valence-electron chi connectivity index (χ1n) is 6.27. The highest BCUT2D eigenvalue weighted by Gasteiger charge is 2.39. The summed E-state index contributed by atoms with van der Waals surface area (Å²) in [6.07, 6.45) is 1.15. The summed E-state index contributed by atoms with van der Waals surface area (Å²) in [5, 5.41) is 0.680. The lowest BCUT2D eigenvalue weighted by Gasteiger charge is -2.17. The standard InChI is InChI=1S/C14H18ClF2N/c1-9-2-3-11(7-12(9)15)13(18)6-10-4-5-14(16,17)8-10/h2-3,7,10,13H,4-6,8,18H2,1H3. The summed E-state index contributed by atoms with van der Waals surface area (Å²) in [7, 11) is 0. The molecule has 2 N–H and O–H groups in total. The second-order valence-electron chi connectivity index (χ2n) is 5.32. The molecule has 1 nitrogen and oxygen atoms in total. The molecule has 0 spiro atoms. The van der Waals surface area contributed by atoms with Crippen LogP contribution in [0.25, 0.3) is 0 Å². The Morgan fingerprint density at radius 3 is 2.78 bits per heavy atom. The third kappa shape index (κ3) is 3.21. The van der Waals surface area contributed by atoms with Gasteiger partial charge < -0.3 is 5.73 Å². The van der Waals surface area contributed by atoms with Gasteiger partial charge in [0.25, 0.3) is 0 Å². The van der Waals surface area contributed by atoms with E-state index in [1.54, 1.807) is 0 Å². The molecule has 0 amide bonds. The first kappa shape index (κ1) is 13.8. The van der Waals surface area contributed by atoms with Crippen LogP contribution in [0.4, 0.5) is 8.78 Å². The number of nitrogens with two attached hydrogens (primary N) is 1. The summed E-state index contributed by atoms with van der Waals surface area (Å²) in [5.41, 5.74) is 8.01. The minimum Gasteiger partial charge on any atom is -0.324 e. The molecule has 1 aliphatic carbocycles. The van der Waals surface area contributed by atoms with Gasteiger partial charge in [-0.15, -0.1) is 0 Å². The maximum atomic E-state index is 13.1. The van der Waals surface area contributed by atoms with E-state index < -0.39 is 5.92 Å². The van der Waals surface area contributed by atoms with Crippen molar-refractivity contribution >= 4 is 11.6 Å². The summed E-state index contributed by atoms with van der Waals surface area (Å²) in [4.78, 5) is 0. The SMILES string of the molecule is Cc1ccc(C(N)CC2CCC(F)(F)C2)cc1Cl. The number of rotatable bonds is 3. The van der Waals surface area contributed by atoms with Gasteiger partial charge in [-0.25, -0.2) is 8.78 Å². The molecule has 0 saturated heterocycles. The van der Waals surface area contributed by atoms with Crippen LogP contribution < -0.4 is 5.73 Å². The van der Waals surface area contributed by atoms with E-state index in [-0.39, 0.29) is 24.8 Å². The van der Waals surface area contributed by atoms with Crippen molar-refractivity contribution in [3.8, 4) is 0 Å². The van der Waals surface area contributed by atoms with Gasteiger partial charge in [0.05, 0.1) is 0 Å². The molecule has 18 heavy (non-hydrogen) atoms. The smallest absolute Gasteiger partial charge is 0.248 e. The fraction of sp³-hybridized carbons (Fsp3) is 0.571. The predicted molar refractivity (Wildman–Crippen MR) is 70.0 cm³/mol. The third-order valence-corrected chi connectivity index (χ3v) is 4.12. The largest absolute Gasteiger partial charge is 0.324 e. The molecular formula is C14H18ClF2N. The van der Waals surface area contributed by atoms with E-state index in [0.717, 1.165) is 11.1 Å². The van der Waals surface area contributed by atoms with E-state index in [4.69, 9.17) is 17.3 Å². The molecule has 4 heteroatoms. The highest BCUT2D eigenvalue weighted by atomic mass is 35.5. The quantitative estimate of drug-likeness (QED) is 0.864. The fourth-order valence-corrected chi connectivity index (χ4v) is 2.77. The Morgan fingerprint density at radius 1 is 1.50 bits per heavy atom. The van der Waals surface area contributed by atoms with Crippen LogP contribution in [0.15, 0.2) is 18.2 Å². The summed E-state index contributed by atoms with van der Waals surface area (Å²) in [5.74, 6) is -2.47. The van der Waals surface area contributed by atoms with Crippen LogP contribution in [-0.2, 0) is 0 Å². The molecule has 0 aliphatic heterocycles. The van der Waals surface area contributed by atoms with Crippen molar-refractivity contribution < 1.29 is 8.78 Å². The lowest BCUT2D eigenvalue weighted by atomic mass is 9.94. The molecule has 0 aromatic heterocycles. The molecule has 2 atom stereocenters. The molecule has 2 unspecified atom stereocenters. The van der Waals surface area contributed by atoms with Gasteiger partial charge in [-0.1, -0.05) is 23.7 Å². The first-order valence-corrected chi connectivity index (χ1v) is 6.65. The average molecular weight is 274 g/mol. The van der Waals surface area contributed by atoms with Crippen LogP contribution in [0.5, 0.6) is 0 Å². The molecule has 1 aliphatic rings. The Hall–Kier alpha value is -0.670. The molecule has 0 radical (unpaired) electrons. The minimum absolute atomic E-state index is 0.000952. The van der Waals surface area contributed by atoms with E-state index in [2.05, 4.69) is 0 Å². The molecule has 2 rings (SSSR count). The molecular weight excluding hydrogens is 256 g/mol. The number of aryl methyl sites for hydroxylation is 1. The molecule has 1 aromatic rings. The second-order valence-corrected chi connectivity index (χ2v) is 5.72. The number of halogens is 3. The van der Waals surface area contributed by atoms with E-state index in [0.29, 0.717) is 17.9 Å². The number of benzene rings is 1. The highest BCUT2D eigenvalue weighted by molar-refractivity contribution is 6.31. The van der Waals surface area contributed by atoms with E-state index >= 15 is 0 Å². The van der Waals surface area contributed by atoms with Crippen molar-refractivity contribution in [2.75, 3.05) is 0 Å². The Bertz CT molecular complexity index is 434. The molecule has 1 fully saturated rings. The second kappa shape index (κ2) is 5.14. The first-order chi connectivity index (χ1) is 8.37. The maximum Gasteiger partial charge on any atom is 0.248 e. The van der Waals surface area contributed by atoms with Gasteiger partial charge in [0.2, 0.25) is 5.92 Å². The zero-order valence-corrected chi connectivity index (χ0v) is 11.2. The van der Waals surface area contributed by atoms with Gasteiger partial charge >= 0.3 is 0 Å². The molecule has 0 bridgehead atoms. The third-order valence-electron chi connectivity index (χ3n) is 3.72. The predicted octanol–water partition coefficient (Wildman–Crippen LogP) is 4.47. The summed E-state index contributed by atoms with van der Waals surface area (Å²) in [6.45, 7) is 1.93. The van der Waals surface area contributed by atoms with Crippen molar-refractivity contribution in [3.05, 3.63) is 34.3 Å². The Balaban J connectivity index is 1.99. The topological polar surface area (TPSA) is 26.0 Å². The van der Waals surface area contributed by atoms with Crippen molar-refractivity contribution in [2.45, 2.75) is 44.6 Å². The van der Waals surface area contributed by atoms with Gasteiger partial charge in [0.1, 0.15) is 0 Å². The molecule has 1 saturated carbocycles. The zero-order chi connectivity index (χ0) is 13.3.